The van der Waals surface area contributed by atoms with Crippen LogP contribution in [-0.4, -0.2) is 34.7 Å². The standard InChI is InChI=1S/C12H15F3N2O2/c1-8(9-2-3-9)17(7-12(13,14)15)11(18)6-10-4-5-19-16-10/h4-5,8-9H,2-3,6-7H2,1H3. The minimum absolute atomic E-state index is 0.163. The maximum absolute atomic E-state index is 12.6. The van der Waals surface area contributed by atoms with E-state index < -0.39 is 18.6 Å². The van der Waals surface area contributed by atoms with Gasteiger partial charge in [0.15, 0.2) is 0 Å². The van der Waals surface area contributed by atoms with E-state index >= 15 is 0 Å². The molecule has 1 aromatic heterocycles. The molecule has 1 fully saturated rings. The van der Waals surface area contributed by atoms with Crippen LogP contribution in [0.5, 0.6) is 0 Å². The molecular weight excluding hydrogens is 261 g/mol. The summed E-state index contributed by atoms with van der Waals surface area (Å²) in [6, 6.07) is 1.09. The lowest BCUT2D eigenvalue weighted by Crippen LogP contribution is -2.46. The van der Waals surface area contributed by atoms with Crippen LogP contribution in [0.1, 0.15) is 25.5 Å². The van der Waals surface area contributed by atoms with Gasteiger partial charge in [0.1, 0.15) is 12.8 Å². The van der Waals surface area contributed by atoms with Crippen molar-refractivity contribution in [3.63, 3.8) is 0 Å². The maximum atomic E-state index is 12.6. The van der Waals surface area contributed by atoms with E-state index in [0.29, 0.717) is 5.69 Å². The summed E-state index contributed by atoms with van der Waals surface area (Å²) in [7, 11) is 0. The lowest BCUT2D eigenvalue weighted by Gasteiger charge is -2.30. The van der Waals surface area contributed by atoms with Gasteiger partial charge in [0, 0.05) is 12.1 Å². The van der Waals surface area contributed by atoms with E-state index in [4.69, 9.17) is 0 Å². The topological polar surface area (TPSA) is 46.3 Å². The zero-order chi connectivity index (χ0) is 14.0. The predicted molar refractivity (Wildman–Crippen MR) is 60.2 cm³/mol. The Labute approximate surface area is 108 Å². The van der Waals surface area contributed by atoms with Crippen LogP contribution in [0.3, 0.4) is 0 Å². The molecule has 2 rings (SSSR count). The van der Waals surface area contributed by atoms with Crippen molar-refractivity contribution in [2.24, 2.45) is 5.92 Å². The van der Waals surface area contributed by atoms with Gasteiger partial charge < -0.3 is 9.42 Å². The number of alkyl halides is 3. The predicted octanol–water partition coefficient (Wildman–Crippen LogP) is 2.41. The van der Waals surface area contributed by atoms with E-state index in [1.807, 2.05) is 0 Å². The largest absolute Gasteiger partial charge is 0.406 e. The number of rotatable bonds is 5. The monoisotopic (exact) mass is 276 g/mol. The van der Waals surface area contributed by atoms with Crippen LogP contribution >= 0.6 is 0 Å². The normalized spacial score (nSPS) is 17.3. The molecule has 7 heteroatoms. The molecule has 0 aliphatic heterocycles. The first-order valence-electron chi connectivity index (χ1n) is 6.12. The number of carbonyl (C=O) groups excluding carboxylic acids is 1. The average molecular weight is 276 g/mol. The third kappa shape index (κ3) is 3.97. The summed E-state index contributed by atoms with van der Waals surface area (Å²) in [6.45, 7) is 0.464. The molecule has 19 heavy (non-hydrogen) atoms. The second-order valence-electron chi connectivity index (χ2n) is 4.88. The first-order chi connectivity index (χ1) is 8.87. The highest BCUT2D eigenvalue weighted by atomic mass is 19.4. The van der Waals surface area contributed by atoms with E-state index in [2.05, 4.69) is 9.68 Å². The Morgan fingerprint density at radius 2 is 2.26 bits per heavy atom. The number of hydrogen-bond acceptors (Lipinski definition) is 3. The molecule has 1 heterocycles. The summed E-state index contributed by atoms with van der Waals surface area (Å²) in [4.78, 5) is 12.9. The quantitative estimate of drug-likeness (QED) is 0.829. The molecule has 1 amide bonds. The van der Waals surface area contributed by atoms with Crippen molar-refractivity contribution in [1.29, 1.82) is 0 Å². The van der Waals surface area contributed by atoms with Crippen molar-refractivity contribution in [1.82, 2.24) is 10.1 Å². The minimum Gasteiger partial charge on any atom is -0.364 e. The Balaban J connectivity index is 2.04. The summed E-state index contributed by atoms with van der Waals surface area (Å²) >= 11 is 0. The van der Waals surface area contributed by atoms with Gasteiger partial charge in [-0.3, -0.25) is 4.79 Å². The van der Waals surface area contributed by atoms with E-state index in [9.17, 15) is 18.0 Å². The van der Waals surface area contributed by atoms with Crippen LogP contribution in [0.15, 0.2) is 16.9 Å². The van der Waals surface area contributed by atoms with E-state index in [0.717, 1.165) is 17.7 Å². The van der Waals surface area contributed by atoms with Gasteiger partial charge in [0.2, 0.25) is 5.91 Å². The molecular formula is C12H15F3N2O2. The zero-order valence-electron chi connectivity index (χ0n) is 10.5. The second-order valence-corrected chi connectivity index (χ2v) is 4.88. The Bertz CT molecular complexity index is 427. The number of carbonyl (C=O) groups is 1. The summed E-state index contributed by atoms with van der Waals surface area (Å²) in [5.74, 6) is -0.380. The van der Waals surface area contributed by atoms with Crippen molar-refractivity contribution in [2.45, 2.75) is 38.4 Å². The molecule has 1 atom stereocenters. The lowest BCUT2D eigenvalue weighted by atomic mass is 10.1. The van der Waals surface area contributed by atoms with Crippen LogP contribution in [0.2, 0.25) is 0 Å². The van der Waals surface area contributed by atoms with Crippen molar-refractivity contribution in [2.75, 3.05) is 6.54 Å². The Hall–Kier alpha value is -1.53. The summed E-state index contributed by atoms with van der Waals surface area (Å²) in [6.07, 6.45) is -1.49. The van der Waals surface area contributed by atoms with Crippen molar-refractivity contribution >= 4 is 5.91 Å². The van der Waals surface area contributed by atoms with Gasteiger partial charge in [-0.05, 0) is 25.7 Å². The van der Waals surface area contributed by atoms with Gasteiger partial charge >= 0.3 is 6.18 Å². The average Bonchev–Trinajstić information content (AvgIpc) is 3.04. The van der Waals surface area contributed by atoms with Crippen LogP contribution in [0.4, 0.5) is 13.2 Å². The molecule has 1 unspecified atom stereocenters. The highest BCUT2D eigenvalue weighted by Gasteiger charge is 2.40. The number of hydrogen-bond donors (Lipinski definition) is 0. The number of nitrogens with zero attached hydrogens (tertiary/aromatic N) is 2. The van der Waals surface area contributed by atoms with Gasteiger partial charge in [0.05, 0.1) is 12.1 Å². The fraction of sp³-hybridized carbons (Fsp3) is 0.667. The van der Waals surface area contributed by atoms with Crippen molar-refractivity contribution in [3.8, 4) is 0 Å². The summed E-state index contributed by atoms with van der Waals surface area (Å²) in [5, 5.41) is 3.55. The van der Waals surface area contributed by atoms with Crippen molar-refractivity contribution in [3.05, 3.63) is 18.0 Å². The zero-order valence-corrected chi connectivity index (χ0v) is 10.5. The minimum atomic E-state index is -4.39. The molecule has 4 nitrogen and oxygen atoms in total. The van der Waals surface area contributed by atoms with Gasteiger partial charge in [-0.2, -0.15) is 13.2 Å². The smallest absolute Gasteiger partial charge is 0.364 e. The van der Waals surface area contributed by atoms with Gasteiger partial charge in [-0.25, -0.2) is 0 Å². The molecule has 0 bridgehead atoms. The van der Waals surface area contributed by atoms with Gasteiger partial charge in [0.25, 0.3) is 0 Å². The Morgan fingerprint density at radius 3 is 2.74 bits per heavy atom. The molecule has 1 saturated carbocycles. The third-order valence-corrected chi connectivity index (χ3v) is 3.29. The van der Waals surface area contributed by atoms with Crippen molar-refractivity contribution < 1.29 is 22.5 Å². The SMILES string of the molecule is CC(C1CC1)N(CC(F)(F)F)C(=O)Cc1ccon1. The molecule has 0 saturated heterocycles. The third-order valence-electron chi connectivity index (χ3n) is 3.29. The molecule has 0 aromatic carbocycles. The van der Waals surface area contributed by atoms with E-state index in [1.165, 1.54) is 12.3 Å². The highest BCUT2D eigenvalue weighted by Crippen LogP contribution is 2.36. The molecule has 106 valence electrons. The first-order valence-corrected chi connectivity index (χ1v) is 6.12. The van der Waals surface area contributed by atoms with Crippen LogP contribution < -0.4 is 0 Å². The summed E-state index contributed by atoms with van der Waals surface area (Å²) < 4.78 is 42.3. The summed E-state index contributed by atoms with van der Waals surface area (Å²) in [5.41, 5.74) is 0.347. The Morgan fingerprint density at radius 1 is 1.58 bits per heavy atom. The number of amides is 1. The van der Waals surface area contributed by atoms with E-state index in [-0.39, 0.29) is 18.4 Å². The Kier molecular flexibility index (Phi) is 3.82. The number of aromatic nitrogens is 1. The molecule has 1 aliphatic rings. The number of halogens is 3. The first kappa shape index (κ1) is 13.9. The molecule has 0 radical (unpaired) electrons. The van der Waals surface area contributed by atoms with E-state index in [1.54, 1.807) is 6.92 Å². The van der Waals surface area contributed by atoms with Crippen LogP contribution in [0, 0.1) is 5.92 Å². The van der Waals surface area contributed by atoms with Crippen LogP contribution in [0.25, 0.3) is 0 Å². The molecule has 1 aromatic rings. The lowest BCUT2D eigenvalue weighted by molar-refractivity contribution is -0.165. The molecule has 0 spiro atoms. The fourth-order valence-electron chi connectivity index (χ4n) is 2.07. The fourth-order valence-corrected chi connectivity index (χ4v) is 2.07. The van der Waals surface area contributed by atoms with Gasteiger partial charge in [-0.1, -0.05) is 5.16 Å². The highest BCUT2D eigenvalue weighted by molar-refractivity contribution is 5.78. The van der Waals surface area contributed by atoms with Crippen LogP contribution in [-0.2, 0) is 11.2 Å². The maximum Gasteiger partial charge on any atom is 0.406 e. The van der Waals surface area contributed by atoms with Gasteiger partial charge in [-0.15, -0.1) is 0 Å². The molecule has 1 aliphatic carbocycles. The second kappa shape index (κ2) is 5.22. The molecule has 0 N–H and O–H groups in total.